The fraction of sp³-hybridized carbons (Fsp3) is 0.214. The Bertz CT molecular complexity index is 641. The summed E-state index contributed by atoms with van der Waals surface area (Å²) in [6.07, 6.45) is 1.33. The van der Waals surface area contributed by atoms with Gasteiger partial charge in [0.15, 0.2) is 12.2 Å². The number of ether oxygens (including phenoxy) is 1. The van der Waals surface area contributed by atoms with Crippen LogP contribution in [-0.2, 0) is 4.74 Å². The lowest BCUT2D eigenvalue weighted by Crippen LogP contribution is -1.92. The van der Waals surface area contributed by atoms with Crippen LogP contribution in [0.1, 0.15) is 18.1 Å². The van der Waals surface area contributed by atoms with Gasteiger partial charge in [0.05, 0.1) is 12.1 Å². The molecule has 1 aromatic heterocycles. The molecule has 0 amide bonds. The van der Waals surface area contributed by atoms with E-state index < -0.39 is 0 Å². The molecule has 90 valence electrons. The first-order valence-electron chi connectivity index (χ1n) is 5.71. The minimum atomic E-state index is 0.405. The molecule has 0 aliphatic heterocycles. The van der Waals surface area contributed by atoms with Crippen molar-refractivity contribution in [2.24, 2.45) is 4.99 Å². The fourth-order valence-electron chi connectivity index (χ4n) is 1.75. The molecule has 18 heavy (non-hydrogen) atoms. The second-order valence-electron chi connectivity index (χ2n) is 3.75. The summed E-state index contributed by atoms with van der Waals surface area (Å²) in [6, 6.07) is 9.86. The monoisotopic (exact) mass is 239 g/mol. The number of nitriles is 1. The van der Waals surface area contributed by atoms with E-state index >= 15 is 0 Å². The van der Waals surface area contributed by atoms with Crippen LogP contribution in [0.15, 0.2) is 29.3 Å². The van der Waals surface area contributed by atoms with Crippen molar-refractivity contribution in [1.29, 1.82) is 5.26 Å². The van der Waals surface area contributed by atoms with Crippen molar-refractivity contribution in [2.75, 3.05) is 6.61 Å². The van der Waals surface area contributed by atoms with Crippen molar-refractivity contribution >= 4 is 23.1 Å². The highest BCUT2D eigenvalue weighted by Crippen LogP contribution is 2.26. The molecule has 1 heterocycles. The molecule has 1 aromatic carbocycles. The maximum atomic E-state index is 9.21. The Morgan fingerprint density at radius 2 is 2.22 bits per heavy atom. The van der Waals surface area contributed by atoms with Gasteiger partial charge in [-0.2, -0.15) is 10.3 Å². The minimum absolute atomic E-state index is 0.405. The Labute approximate surface area is 106 Å². The number of pyridine rings is 1. The normalized spacial score (nSPS) is 10.7. The number of aryl methyl sites for hydroxylation is 1. The van der Waals surface area contributed by atoms with Gasteiger partial charge < -0.3 is 4.74 Å². The maximum Gasteiger partial charge on any atom is 0.176 e. The van der Waals surface area contributed by atoms with Crippen molar-refractivity contribution in [3.63, 3.8) is 0 Å². The van der Waals surface area contributed by atoms with Gasteiger partial charge in [0.2, 0.25) is 0 Å². The van der Waals surface area contributed by atoms with Gasteiger partial charge in [0.1, 0.15) is 11.6 Å². The third-order valence-corrected chi connectivity index (χ3v) is 2.66. The molecule has 0 atom stereocenters. The van der Waals surface area contributed by atoms with Gasteiger partial charge >= 0.3 is 0 Å². The topological polar surface area (TPSA) is 58.3 Å². The van der Waals surface area contributed by atoms with Crippen LogP contribution in [0.3, 0.4) is 0 Å². The van der Waals surface area contributed by atoms with Crippen LogP contribution in [0.25, 0.3) is 10.9 Å². The molecular formula is C14H13N3O. The number of hydrogen-bond donors (Lipinski definition) is 0. The lowest BCUT2D eigenvalue weighted by Gasteiger charge is -2.06. The van der Waals surface area contributed by atoms with Crippen LogP contribution in [0, 0.1) is 18.3 Å². The van der Waals surface area contributed by atoms with Gasteiger partial charge in [0.25, 0.3) is 0 Å². The van der Waals surface area contributed by atoms with Crippen LogP contribution < -0.4 is 0 Å². The Hall–Kier alpha value is -2.41. The van der Waals surface area contributed by atoms with E-state index in [2.05, 4.69) is 16.0 Å². The summed E-state index contributed by atoms with van der Waals surface area (Å²) in [5.41, 5.74) is 2.22. The van der Waals surface area contributed by atoms with Crippen LogP contribution in [0.4, 0.5) is 5.82 Å². The molecule has 0 aliphatic carbocycles. The summed E-state index contributed by atoms with van der Waals surface area (Å²) in [5.74, 6) is 0.405. The molecular weight excluding hydrogens is 226 g/mol. The van der Waals surface area contributed by atoms with Crippen molar-refractivity contribution in [2.45, 2.75) is 13.8 Å². The van der Waals surface area contributed by atoms with E-state index in [9.17, 15) is 5.26 Å². The number of fused-ring (bicyclic) bond motifs is 1. The molecule has 4 nitrogen and oxygen atoms in total. The summed E-state index contributed by atoms with van der Waals surface area (Å²) >= 11 is 0. The van der Waals surface area contributed by atoms with E-state index in [1.165, 1.54) is 6.40 Å². The quantitative estimate of drug-likeness (QED) is 0.610. The average molecular weight is 239 g/mol. The van der Waals surface area contributed by atoms with E-state index in [0.29, 0.717) is 18.0 Å². The third kappa shape index (κ3) is 2.16. The molecule has 4 heteroatoms. The first-order chi connectivity index (χ1) is 8.77. The molecule has 0 N–H and O–H groups in total. The fourth-order valence-corrected chi connectivity index (χ4v) is 1.75. The van der Waals surface area contributed by atoms with Gasteiger partial charge in [-0.15, -0.1) is 0 Å². The van der Waals surface area contributed by atoms with Crippen molar-refractivity contribution in [3.05, 3.63) is 35.4 Å². The maximum absolute atomic E-state index is 9.21. The zero-order valence-electron chi connectivity index (χ0n) is 10.3. The molecule has 0 unspecified atom stereocenters. The number of hydrogen-bond acceptors (Lipinski definition) is 4. The molecule has 2 rings (SSSR count). The van der Waals surface area contributed by atoms with Crippen LogP contribution in [0.2, 0.25) is 0 Å². The van der Waals surface area contributed by atoms with E-state index in [4.69, 9.17) is 4.74 Å². The van der Waals surface area contributed by atoms with Crippen molar-refractivity contribution < 1.29 is 4.74 Å². The largest absolute Gasteiger partial charge is 0.483 e. The molecule has 0 spiro atoms. The standard InChI is InChI=1S/C14H13N3O/c1-3-18-9-16-14-12(8-15)10(2)11-6-4-5-7-13(11)17-14/h4-7,9H,3H2,1-2H3. The van der Waals surface area contributed by atoms with Crippen LogP contribution in [0.5, 0.6) is 0 Å². The Morgan fingerprint density at radius 1 is 1.44 bits per heavy atom. The van der Waals surface area contributed by atoms with E-state index in [1.54, 1.807) is 0 Å². The summed E-state index contributed by atoms with van der Waals surface area (Å²) in [6.45, 7) is 4.32. The van der Waals surface area contributed by atoms with E-state index in [0.717, 1.165) is 16.5 Å². The third-order valence-electron chi connectivity index (χ3n) is 2.66. The lowest BCUT2D eigenvalue weighted by atomic mass is 10.1. The first kappa shape index (κ1) is 12.1. The minimum Gasteiger partial charge on any atom is -0.483 e. The number of para-hydroxylation sites is 1. The molecule has 0 bridgehead atoms. The molecule has 0 saturated carbocycles. The summed E-state index contributed by atoms with van der Waals surface area (Å²) in [7, 11) is 0. The van der Waals surface area contributed by atoms with Gasteiger partial charge in [-0.3, -0.25) is 0 Å². The Balaban J connectivity index is 2.62. The van der Waals surface area contributed by atoms with E-state index in [-0.39, 0.29) is 0 Å². The number of rotatable bonds is 3. The van der Waals surface area contributed by atoms with Crippen LogP contribution in [-0.4, -0.2) is 18.0 Å². The predicted octanol–water partition coefficient (Wildman–Crippen LogP) is 3.11. The van der Waals surface area contributed by atoms with Crippen LogP contribution >= 0.6 is 0 Å². The molecule has 0 radical (unpaired) electrons. The summed E-state index contributed by atoms with van der Waals surface area (Å²) in [5, 5.41) is 10.2. The van der Waals surface area contributed by atoms with Gasteiger partial charge in [-0.25, -0.2) is 4.98 Å². The molecule has 2 aromatic rings. The second kappa shape index (κ2) is 5.28. The number of aromatic nitrogens is 1. The highest BCUT2D eigenvalue weighted by Gasteiger charge is 2.10. The molecule has 0 fully saturated rings. The smallest absolute Gasteiger partial charge is 0.176 e. The molecule has 0 saturated heterocycles. The SMILES string of the molecule is CCOC=Nc1nc2ccccc2c(C)c1C#N. The van der Waals surface area contributed by atoms with Crippen molar-refractivity contribution in [1.82, 2.24) is 4.98 Å². The zero-order valence-corrected chi connectivity index (χ0v) is 10.3. The Kier molecular flexibility index (Phi) is 3.54. The number of aliphatic imine (C=N–C) groups is 1. The number of benzene rings is 1. The summed E-state index contributed by atoms with van der Waals surface area (Å²) in [4.78, 5) is 8.48. The first-order valence-corrected chi connectivity index (χ1v) is 5.71. The predicted molar refractivity (Wildman–Crippen MR) is 71.0 cm³/mol. The average Bonchev–Trinajstić information content (AvgIpc) is 2.39. The van der Waals surface area contributed by atoms with Gasteiger partial charge in [-0.05, 0) is 25.5 Å². The Morgan fingerprint density at radius 3 is 2.94 bits per heavy atom. The molecule has 0 aliphatic rings. The highest BCUT2D eigenvalue weighted by molar-refractivity contribution is 5.86. The lowest BCUT2D eigenvalue weighted by molar-refractivity contribution is 0.344. The zero-order chi connectivity index (χ0) is 13.0. The summed E-state index contributed by atoms with van der Waals surface area (Å²) < 4.78 is 5.05. The van der Waals surface area contributed by atoms with Crippen molar-refractivity contribution in [3.8, 4) is 6.07 Å². The van der Waals surface area contributed by atoms with E-state index in [1.807, 2.05) is 38.1 Å². The number of nitrogens with zero attached hydrogens (tertiary/aromatic N) is 3. The second-order valence-corrected chi connectivity index (χ2v) is 3.75. The highest BCUT2D eigenvalue weighted by atomic mass is 16.5. The van der Waals surface area contributed by atoms with Gasteiger partial charge in [-0.1, -0.05) is 18.2 Å². The van der Waals surface area contributed by atoms with Gasteiger partial charge in [0, 0.05) is 5.39 Å².